The van der Waals surface area contributed by atoms with E-state index in [9.17, 15) is 0 Å². The Balaban J connectivity index is 1.49. The number of fused-ring (bicyclic) bond motifs is 2. The number of rotatable bonds is 6. The van der Waals surface area contributed by atoms with Crippen LogP contribution < -0.4 is 20.7 Å². The van der Waals surface area contributed by atoms with Gasteiger partial charge in [0, 0.05) is 15.9 Å². The van der Waals surface area contributed by atoms with Crippen LogP contribution in [0.1, 0.15) is 0 Å². The lowest BCUT2D eigenvalue weighted by molar-refractivity contribution is 0.263. The van der Waals surface area contributed by atoms with E-state index in [0.717, 1.165) is 49.8 Å². The molecule has 0 N–H and O–H groups in total. The van der Waals surface area contributed by atoms with Gasteiger partial charge in [-0.05, 0) is 57.9 Å². The van der Waals surface area contributed by atoms with Crippen molar-refractivity contribution in [3.05, 3.63) is 109 Å². The molecule has 6 rings (SSSR count). The van der Waals surface area contributed by atoms with Crippen molar-refractivity contribution in [2.45, 2.75) is 6.10 Å². The van der Waals surface area contributed by atoms with Gasteiger partial charge >= 0.3 is 0 Å². The molecule has 5 aromatic carbocycles. The Morgan fingerprint density at radius 3 is 1.67 bits per heavy atom. The molecule has 1 heterocycles. The maximum absolute atomic E-state index is 15.0. The molecular weight excluding hydrogens is 427 g/mol. The van der Waals surface area contributed by atoms with Crippen molar-refractivity contribution in [3.8, 4) is 5.75 Å². The molecule has 0 bridgehead atoms. The van der Waals surface area contributed by atoms with E-state index >= 15 is 4.57 Å². The number of ether oxygens (including phenoxy) is 2. The van der Waals surface area contributed by atoms with Gasteiger partial charge in [-0.3, -0.25) is 0 Å². The van der Waals surface area contributed by atoms with Crippen LogP contribution in [-0.4, -0.2) is 19.3 Å². The molecule has 1 fully saturated rings. The topological polar surface area (TPSA) is 38.8 Å². The van der Waals surface area contributed by atoms with Crippen LogP contribution >= 0.6 is 7.14 Å². The minimum Gasteiger partial charge on any atom is -0.491 e. The Morgan fingerprint density at radius 2 is 1.15 bits per heavy atom. The molecule has 0 amide bonds. The first-order chi connectivity index (χ1) is 16.2. The first-order valence-electron chi connectivity index (χ1n) is 11.1. The lowest BCUT2D eigenvalue weighted by Crippen LogP contribution is -2.25. The minimum absolute atomic E-state index is 0.200. The molecule has 33 heavy (non-hydrogen) atoms. The van der Waals surface area contributed by atoms with Crippen molar-refractivity contribution in [1.82, 2.24) is 0 Å². The van der Waals surface area contributed by atoms with Gasteiger partial charge in [0.1, 0.15) is 18.5 Å². The van der Waals surface area contributed by atoms with Gasteiger partial charge in [-0.15, -0.1) is 0 Å². The first kappa shape index (κ1) is 20.2. The normalized spacial score (nSPS) is 15.6. The van der Waals surface area contributed by atoms with E-state index in [4.69, 9.17) is 9.47 Å². The second-order valence-corrected chi connectivity index (χ2v) is 11.2. The summed E-state index contributed by atoms with van der Waals surface area (Å²) in [5.41, 5.74) is 0. The first-order valence-corrected chi connectivity index (χ1v) is 12.8. The van der Waals surface area contributed by atoms with Crippen molar-refractivity contribution < 1.29 is 14.0 Å². The van der Waals surface area contributed by atoms with E-state index in [1.807, 2.05) is 60.7 Å². The highest BCUT2D eigenvalue weighted by Crippen LogP contribution is 2.44. The van der Waals surface area contributed by atoms with Gasteiger partial charge in [-0.25, -0.2) is 0 Å². The van der Waals surface area contributed by atoms with Gasteiger partial charge in [0.05, 0.1) is 6.61 Å². The SMILES string of the molecule is O=P(c1ccc(OCC2CO2)cc1)(c1ccc2ccccc2c1)c1ccc2ccccc2c1. The molecule has 3 nitrogen and oxygen atoms in total. The Hall–Kier alpha value is -3.39. The third-order valence-corrected chi connectivity index (χ3v) is 9.27. The minimum atomic E-state index is -3.11. The third kappa shape index (κ3) is 3.84. The van der Waals surface area contributed by atoms with Crippen molar-refractivity contribution >= 4 is 44.6 Å². The summed E-state index contributed by atoms with van der Waals surface area (Å²) in [5.74, 6) is 0.762. The molecule has 5 aromatic rings. The molecule has 0 aromatic heterocycles. The maximum atomic E-state index is 15.0. The molecule has 0 radical (unpaired) electrons. The zero-order valence-corrected chi connectivity index (χ0v) is 19.0. The van der Waals surface area contributed by atoms with Crippen LogP contribution in [0, 0.1) is 0 Å². The van der Waals surface area contributed by atoms with Crippen LogP contribution in [0.4, 0.5) is 0 Å². The Labute approximate surface area is 193 Å². The van der Waals surface area contributed by atoms with Crippen molar-refractivity contribution in [2.24, 2.45) is 0 Å². The summed E-state index contributed by atoms with van der Waals surface area (Å²) in [6.45, 7) is 1.31. The highest BCUT2D eigenvalue weighted by atomic mass is 31.2. The molecule has 4 heteroatoms. The van der Waals surface area contributed by atoms with Crippen LogP contribution in [0.2, 0.25) is 0 Å². The van der Waals surface area contributed by atoms with Gasteiger partial charge in [0.25, 0.3) is 0 Å². The van der Waals surface area contributed by atoms with Gasteiger partial charge in [0.15, 0.2) is 7.14 Å². The molecule has 0 saturated carbocycles. The molecule has 1 atom stereocenters. The van der Waals surface area contributed by atoms with E-state index in [2.05, 4.69) is 48.5 Å². The second kappa shape index (κ2) is 8.19. The molecule has 0 aliphatic carbocycles. The fourth-order valence-electron chi connectivity index (χ4n) is 4.30. The van der Waals surface area contributed by atoms with E-state index < -0.39 is 7.14 Å². The number of benzene rings is 5. The largest absolute Gasteiger partial charge is 0.491 e. The highest BCUT2D eigenvalue weighted by molar-refractivity contribution is 7.85. The molecule has 0 spiro atoms. The van der Waals surface area contributed by atoms with E-state index in [0.29, 0.717) is 6.61 Å². The predicted molar refractivity (Wildman–Crippen MR) is 136 cm³/mol. The quantitative estimate of drug-likeness (QED) is 0.257. The van der Waals surface area contributed by atoms with Crippen LogP contribution in [0.5, 0.6) is 5.75 Å². The lowest BCUT2D eigenvalue weighted by Gasteiger charge is -2.21. The van der Waals surface area contributed by atoms with Gasteiger partial charge in [-0.1, -0.05) is 72.8 Å². The summed E-state index contributed by atoms with van der Waals surface area (Å²) in [7, 11) is -3.11. The van der Waals surface area contributed by atoms with Gasteiger partial charge < -0.3 is 14.0 Å². The van der Waals surface area contributed by atoms with Crippen LogP contribution in [-0.2, 0) is 9.30 Å². The second-order valence-electron chi connectivity index (χ2n) is 8.43. The lowest BCUT2D eigenvalue weighted by atomic mass is 10.1. The summed E-state index contributed by atoms with van der Waals surface area (Å²) in [6.07, 6.45) is 0.200. The van der Waals surface area contributed by atoms with E-state index in [1.54, 1.807) is 0 Å². The number of epoxide rings is 1. The molecular formula is C29H23O3P. The van der Waals surface area contributed by atoms with E-state index in [1.165, 1.54) is 0 Å². The molecule has 1 saturated heterocycles. The Bertz CT molecular complexity index is 1420. The van der Waals surface area contributed by atoms with E-state index in [-0.39, 0.29) is 6.10 Å². The Kier molecular flexibility index (Phi) is 5.02. The maximum Gasteiger partial charge on any atom is 0.171 e. The zero-order valence-electron chi connectivity index (χ0n) is 18.1. The number of hydrogen-bond acceptors (Lipinski definition) is 3. The summed E-state index contributed by atoms with van der Waals surface area (Å²) < 4.78 is 26.1. The smallest absolute Gasteiger partial charge is 0.171 e. The molecule has 1 unspecified atom stereocenters. The van der Waals surface area contributed by atoms with Crippen molar-refractivity contribution in [2.75, 3.05) is 13.2 Å². The fourth-order valence-corrected chi connectivity index (χ4v) is 6.97. The summed E-state index contributed by atoms with van der Waals surface area (Å²) in [5, 5.41) is 6.90. The van der Waals surface area contributed by atoms with Crippen LogP contribution in [0.3, 0.4) is 0 Å². The number of hydrogen-bond donors (Lipinski definition) is 0. The summed E-state index contributed by atoms with van der Waals surface area (Å²) in [6, 6.07) is 36.4. The van der Waals surface area contributed by atoms with Crippen LogP contribution in [0.25, 0.3) is 21.5 Å². The molecule has 162 valence electrons. The summed E-state index contributed by atoms with van der Waals surface area (Å²) >= 11 is 0. The fraction of sp³-hybridized carbons (Fsp3) is 0.103. The predicted octanol–water partition coefficient (Wildman–Crippen LogP) is 5.41. The van der Waals surface area contributed by atoms with Crippen molar-refractivity contribution in [3.63, 3.8) is 0 Å². The zero-order chi connectivity index (χ0) is 22.3. The standard InChI is InChI=1S/C29H23O3P/c30-33(28-13-9-21-5-1-3-7-23(21)17-28,29-14-10-22-6-2-4-8-24(22)18-29)27-15-11-25(12-16-27)31-19-26-20-32-26/h1-18,26H,19-20H2. The van der Waals surface area contributed by atoms with Gasteiger partial charge in [-0.2, -0.15) is 0 Å². The molecule has 1 aliphatic heterocycles. The third-order valence-electron chi connectivity index (χ3n) is 6.23. The Morgan fingerprint density at radius 1 is 0.667 bits per heavy atom. The average molecular weight is 450 g/mol. The van der Waals surface area contributed by atoms with Crippen LogP contribution in [0.15, 0.2) is 109 Å². The van der Waals surface area contributed by atoms with Gasteiger partial charge in [0.2, 0.25) is 0 Å². The highest BCUT2D eigenvalue weighted by Gasteiger charge is 2.30. The summed E-state index contributed by atoms with van der Waals surface area (Å²) in [4.78, 5) is 0. The monoisotopic (exact) mass is 450 g/mol. The molecule has 1 aliphatic rings. The van der Waals surface area contributed by atoms with Crippen molar-refractivity contribution in [1.29, 1.82) is 0 Å². The average Bonchev–Trinajstić information content (AvgIpc) is 3.71.